The van der Waals surface area contributed by atoms with Gasteiger partial charge in [0.15, 0.2) is 0 Å². The third kappa shape index (κ3) is 3.83. The van der Waals surface area contributed by atoms with Gasteiger partial charge in [0.1, 0.15) is 11.4 Å². The van der Waals surface area contributed by atoms with Gasteiger partial charge in [0.05, 0.1) is 17.6 Å². The van der Waals surface area contributed by atoms with Crippen molar-refractivity contribution in [2.75, 3.05) is 7.11 Å². The number of aromatic nitrogens is 1. The van der Waals surface area contributed by atoms with Crippen LogP contribution in [0, 0.1) is 0 Å². The molecule has 1 aromatic heterocycles. The second kappa shape index (κ2) is 6.44. The maximum Gasteiger partial charge on any atom is 0.354 e. The van der Waals surface area contributed by atoms with E-state index in [9.17, 15) is 18.0 Å². The van der Waals surface area contributed by atoms with Gasteiger partial charge in [-0.1, -0.05) is 0 Å². The van der Waals surface area contributed by atoms with Gasteiger partial charge in [-0.2, -0.15) is 0 Å². The van der Waals surface area contributed by atoms with Crippen molar-refractivity contribution in [3.05, 3.63) is 53.9 Å². The molecule has 2 aromatic rings. The van der Waals surface area contributed by atoms with Crippen molar-refractivity contribution >= 4 is 21.9 Å². The van der Waals surface area contributed by atoms with Gasteiger partial charge in [0.2, 0.25) is 0 Å². The Hall–Kier alpha value is -2.94. The van der Waals surface area contributed by atoms with E-state index in [4.69, 9.17) is 9.84 Å². The topological polar surface area (TPSA) is 123 Å². The predicted octanol–water partition coefficient (Wildman–Crippen LogP) is 0.907. The molecule has 1 aromatic carbocycles. The minimum atomic E-state index is -4.06. The summed E-state index contributed by atoms with van der Waals surface area (Å²) in [7, 11) is -2.61. The first kappa shape index (κ1) is 16.4. The number of sulfonamides is 1. The summed E-state index contributed by atoms with van der Waals surface area (Å²) in [5.74, 6) is -1.68. The quantitative estimate of drug-likeness (QED) is 0.831. The molecular formula is C14H12N2O6S. The van der Waals surface area contributed by atoms with Crippen LogP contribution in [0.2, 0.25) is 0 Å². The average molecular weight is 336 g/mol. The molecule has 1 amide bonds. The van der Waals surface area contributed by atoms with Gasteiger partial charge in [-0.25, -0.2) is 22.9 Å². The second-order valence-electron chi connectivity index (χ2n) is 4.35. The molecule has 0 spiro atoms. The van der Waals surface area contributed by atoms with Gasteiger partial charge in [0, 0.05) is 6.20 Å². The second-order valence-corrected chi connectivity index (χ2v) is 6.03. The van der Waals surface area contributed by atoms with Crippen molar-refractivity contribution in [1.82, 2.24) is 9.71 Å². The molecular weight excluding hydrogens is 324 g/mol. The zero-order chi connectivity index (χ0) is 17.0. The summed E-state index contributed by atoms with van der Waals surface area (Å²) >= 11 is 0. The molecule has 8 nitrogen and oxygen atoms in total. The highest BCUT2D eigenvalue weighted by atomic mass is 32.2. The molecule has 0 saturated heterocycles. The van der Waals surface area contributed by atoms with E-state index in [0.29, 0.717) is 5.75 Å². The number of methoxy groups -OCH3 is 1. The Labute approximate surface area is 131 Å². The Morgan fingerprint density at radius 1 is 1.13 bits per heavy atom. The predicted molar refractivity (Wildman–Crippen MR) is 78.8 cm³/mol. The molecule has 1 heterocycles. The molecule has 9 heteroatoms. The van der Waals surface area contributed by atoms with Crippen LogP contribution in [0.4, 0.5) is 0 Å². The van der Waals surface area contributed by atoms with Crippen molar-refractivity contribution in [1.29, 1.82) is 0 Å². The number of aromatic carboxylic acids is 1. The Balaban J connectivity index is 2.18. The van der Waals surface area contributed by atoms with E-state index in [1.165, 1.54) is 37.4 Å². The smallest absolute Gasteiger partial charge is 0.354 e. The lowest BCUT2D eigenvalue weighted by atomic mass is 10.2. The summed E-state index contributed by atoms with van der Waals surface area (Å²) in [5, 5.41) is 8.72. The molecule has 0 saturated carbocycles. The number of carbonyl (C=O) groups excluding carboxylic acids is 1. The van der Waals surface area contributed by atoms with Gasteiger partial charge < -0.3 is 9.84 Å². The number of rotatable bonds is 5. The van der Waals surface area contributed by atoms with E-state index in [0.717, 1.165) is 12.3 Å². The van der Waals surface area contributed by atoms with Crippen LogP contribution in [0.5, 0.6) is 5.75 Å². The highest BCUT2D eigenvalue weighted by molar-refractivity contribution is 7.90. The summed E-state index contributed by atoms with van der Waals surface area (Å²) in [6.07, 6.45) is 0.988. The van der Waals surface area contributed by atoms with Crippen LogP contribution in [0.25, 0.3) is 0 Å². The molecule has 120 valence electrons. The number of pyridine rings is 1. The van der Waals surface area contributed by atoms with E-state index >= 15 is 0 Å². The molecule has 0 aliphatic rings. The van der Waals surface area contributed by atoms with Crippen molar-refractivity contribution in [3.63, 3.8) is 0 Å². The molecule has 23 heavy (non-hydrogen) atoms. The molecule has 2 rings (SSSR count). The third-order valence-electron chi connectivity index (χ3n) is 2.84. The van der Waals surface area contributed by atoms with E-state index in [-0.39, 0.29) is 16.2 Å². The zero-order valence-corrected chi connectivity index (χ0v) is 12.7. The summed E-state index contributed by atoms with van der Waals surface area (Å²) in [6, 6.07) is 7.76. The van der Waals surface area contributed by atoms with E-state index < -0.39 is 21.9 Å². The number of ether oxygens (including phenoxy) is 1. The molecule has 0 bridgehead atoms. The molecule has 0 radical (unpaired) electrons. The molecule has 2 N–H and O–H groups in total. The van der Waals surface area contributed by atoms with Crippen LogP contribution in [0.1, 0.15) is 20.8 Å². The van der Waals surface area contributed by atoms with Crippen LogP contribution in [0.15, 0.2) is 47.5 Å². The summed E-state index contributed by atoms with van der Waals surface area (Å²) in [6.45, 7) is 0. The van der Waals surface area contributed by atoms with Crippen molar-refractivity contribution in [2.45, 2.75) is 4.90 Å². The largest absolute Gasteiger partial charge is 0.497 e. The van der Waals surface area contributed by atoms with E-state index in [2.05, 4.69) is 4.98 Å². The number of hydrogen-bond donors (Lipinski definition) is 2. The van der Waals surface area contributed by atoms with Crippen LogP contribution < -0.4 is 9.46 Å². The fraction of sp³-hybridized carbons (Fsp3) is 0.0714. The minimum absolute atomic E-state index is 0.0768. The Morgan fingerprint density at radius 3 is 2.26 bits per heavy atom. The Morgan fingerprint density at radius 2 is 1.78 bits per heavy atom. The first-order valence-corrected chi connectivity index (χ1v) is 7.72. The first-order chi connectivity index (χ1) is 10.8. The summed E-state index contributed by atoms with van der Waals surface area (Å²) < 4.78 is 31.0. The zero-order valence-electron chi connectivity index (χ0n) is 11.9. The van der Waals surface area contributed by atoms with E-state index in [1.807, 2.05) is 4.72 Å². The minimum Gasteiger partial charge on any atom is -0.497 e. The Kier molecular flexibility index (Phi) is 4.60. The lowest BCUT2D eigenvalue weighted by Gasteiger charge is -2.07. The summed E-state index contributed by atoms with van der Waals surface area (Å²) in [5.41, 5.74) is -0.327. The monoisotopic (exact) mass is 336 g/mol. The van der Waals surface area contributed by atoms with Crippen molar-refractivity contribution in [2.24, 2.45) is 0 Å². The molecule has 0 fully saturated rings. The van der Waals surface area contributed by atoms with Gasteiger partial charge in [0.25, 0.3) is 15.9 Å². The number of hydrogen-bond acceptors (Lipinski definition) is 6. The molecule has 0 atom stereocenters. The number of carbonyl (C=O) groups is 2. The molecule has 0 aliphatic carbocycles. The van der Waals surface area contributed by atoms with Crippen molar-refractivity contribution in [3.8, 4) is 5.75 Å². The van der Waals surface area contributed by atoms with Crippen molar-refractivity contribution < 1.29 is 27.9 Å². The van der Waals surface area contributed by atoms with Gasteiger partial charge >= 0.3 is 5.97 Å². The van der Waals surface area contributed by atoms with Crippen LogP contribution >= 0.6 is 0 Å². The Bertz CT molecular complexity index is 829. The first-order valence-electron chi connectivity index (χ1n) is 6.24. The van der Waals surface area contributed by atoms with Crippen LogP contribution in [-0.4, -0.2) is 37.5 Å². The molecule has 0 aliphatic heterocycles. The molecule has 0 unspecified atom stereocenters. The third-order valence-corrected chi connectivity index (χ3v) is 4.19. The maximum atomic E-state index is 12.1. The van der Waals surface area contributed by atoms with Gasteiger partial charge in [-0.05, 0) is 36.4 Å². The van der Waals surface area contributed by atoms with E-state index in [1.54, 1.807) is 0 Å². The maximum absolute atomic E-state index is 12.1. The van der Waals surface area contributed by atoms with Crippen LogP contribution in [-0.2, 0) is 10.0 Å². The van der Waals surface area contributed by atoms with Gasteiger partial charge in [-0.3, -0.25) is 4.79 Å². The number of nitrogens with zero attached hydrogens (tertiary/aromatic N) is 1. The highest BCUT2D eigenvalue weighted by Crippen LogP contribution is 2.15. The standard InChI is InChI=1S/C14H12N2O6S/c1-22-10-3-5-11(6-4-10)23(20,21)16-13(17)9-2-7-12(14(18)19)15-8-9/h2-8H,1H3,(H,16,17)(H,18,19). The SMILES string of the molecule is COc1ccc(S(=O)(=O)NC(=O)c2ccc(C(=O)O)nc2)cc1. The highest BCUT2D eigenvalue weighted by Gasteiger charge is 2.19. The number of amides is 1. The number of benzene rings is 1. The average Bonchev–Trinajstić information content (AvgIpc) is 2.54. The number of carboxylic acids is 1. The van der Waals surface area contributed by atoms with Gasteiger partial charge in [-0.15, -0.1) is 0 Å². The fourth-order valence-electron chi connectivity index (χ4n) is 1.65. The number of nitrogens with one attached hydrogen (secondary N) is 1. The lowest BCUT2D eigenvalue weighted by molar-refractivity contribution is 0.0689. The lowest BCUT2D eigenvalue weighted by Crippen LogP contribution is -2.30. The summed E-state index contributed by atoms with van der Waals surface area (Å²) in [4.78, 5) is 26.1. The fourth-order valence-corrected chi connectivity index (χ4v) is 2.62. The normalized spacial score (nSPS) is 10.8. The number of carboxylic acid groups (broad SMARTS) is 1. The van der Waals surface area contributed by atoms with Crippen LogP contribution in [0.3, 0.4) is 0 Å².